The summed E-state index contributed by atoms with van der Waals surface area (Å²) in [6, 6.07) is 0. The van der Waals surface area contributed by atoms with Gasteiger partial charge in [0, 0.05) is 5.54 Å². The molecular weight excluding hydrogens is 258 g/mol. The number of aliphatic carboxylic acids is 1. The highest BCUT2D eigenvalue weighted by atomic mass is 32.2. The van der Waals surface area contributed by atoms with Gasteiger partial charge in [-0.25, -0.2) is 0 Å². The number of hydrogen-bond donors (Lipinski definition) is 1. The summed E-state index contributed by atoms with van der Waals surface area (Å²) in [5.74, 6) is 0.827. The molecule has 1 heterocycles. The van der Waals surface area contributed by atoms with Crippen LogP contribution in [0.5, 0.6) is 0 Å². The van der Waals surface area contributed by atoms with E-state index in [1.54, 1.807) is 11.8 Å². The molecule has 0 unspecified atom stereocenters. The van der Waals surface area contributed by atoms with Gasteiger partial charge >= 0.3 is 5.97 Å². The van der Waals surface area contributed by atoms with E-state index in [2.05, 4.69) is 31.0 Å². The van der Waals surface area contributed by atoms with Crippen LogP contribution in [-0.2, 0) is 16.1 Å². The van der Waals surface area contributed by atoms with E-state index in [1.165, 1.54) is 11.8 Å². The van der Waals surface area contributed by atoms with E-state index in [0.29, 0.717) is 5.16 Å². The number of rotatable bonds is 5. The zero-order valence-electron chi connectivity index (χ0n) is 10.4. The van der Waals surface area contributed by atoms with Crippen molar-refractivity contribution in [2.24, 2.45) is 0 Å². The first-order valence-electron chi connectivity index (χ1n) is 5.14. The van der Waals surface area contributed by atoms with Gasteiger partial charge in [-0.1, -0.05) is 11.8 Å². The van der Waals surface area contributed by atoms with Crippen LogP contribution in [0.4, 0.5) is 0 Å². The van der Waals surface area contributed by atoms with Gasteiger partial charge in [0.25, 0.3) is 0 Å². The Morgan fingerprint density at radius 2 is 2.06 bits per heavy atom. The molecule has 1 aromatic heterocycles. The molecule has 1 rings (SSSR count). The number of carboxylic acids is 1. The minimum Gasteiger partial charge on any atom is -0.481 e. The molecule has 17 heavy (non-hydrogen) atoms. The Bertz CT molecular complexity index is 399. The molecule has 96 valence electrons. The van der Waals surface area contributed by atoms with Crippen LogP contribution in [0.2, 0.25) is 0 Å². The van der Waals surface area contributed by atoms with Gasteiger partial charge in [-0.2, -0.15) is 11.8 Å². The van der Waals surface area contributed by atoms with Crippen molar-refractivity contribution in [1.82, 2.24) is 14.8 Å². The molecule has 1 aromatic rings. The lowest BCUT2D eigenvalue weighted by Gasteiger charge is -2.24. The number of thioether (sulfide) groups is 2. The van der Waals surface area contributed by atoms with Crippen LogP contribution < -0.4 is 0 Å². The zero-order valence-corrected chi connectivity index (χ0v) is 12.1. The van der Waals surface area contributed by atoms with Gasteiger partial charge in [0.15, 0.2) is 5.16 Å². The van der Waals surface area contributed by atoms with Gasteiger partial charge in [-0.05, 0) is 27.0 Å². The average molecular weight is 275 g/mol. The summed E-state index contributed by atoms with van der Waals surface area (Å²) in [5.41, 5.74) is -0.143. The highest BCUT2D eigenvalue weighted by Gasteiger charge is 2.23. The number of aromatic nitrogens is 3. The first-order chi connectivity index (χ1) is 7.86. The van der Waals surface area contributed by atoms with Crippen LogP contribution >= 0.6 is 23.5 Å². The fourth-order valence-corrected chi connectivity index (χ4v) is 2.72. The predicted molar refractivity (Wildman–Crippen MR) is 70.6 cm³/mol. The summed E-state index contributed by atoms with van der Waals surface area (Å²) in [4.78, 5) is 10.6. The first-order valence-corrected chi connectivity index (χ1v) is 7.52. The van der Waals surface area contributed by atoms with Gasteiger partial charge in [0.05, 0.1) is 11.5 Å². The van der Waals surface area contributed by atoms with Crippen molar-refractivity contribution in [3.05, 3.63) is 5.82 Å². The molecule has 0 saturated carbocycles. The van der Waals surface area contributed by atoms with Gasteiger partial charge < -0.3 is 5.11 Å². The van der Waals surface area contributed by atoms with Crippen LogP contribution in [0, 0.1) is 0 Å². The maximum atomic E-state index is 10.6. The van der Waals surface area contributed by atoms with Crippen molar-refractivity contribution in [3.63, 3.8) is 0 Å². The number of carboxylic acid groups (broad SMARTS) is 1. The molecule has 0 spiro atoms. The molecule has 1 N–H and O–H groups in total. The molecule has 0 atom stereocenters. The van der Waals surface area contributed by atoms with E-state index < -0.39 is 5.97 Å². The highest BCUT2D eigenvalue weighted by Crippen LogP contribution is 2.26. The Morgan fingerprint density at radius 3 is 2.53 bits per heavy atom. The Balaban J connectivity index is 3.00. The normalized spacial score (nSPS) is 11.8. The fraction of sp³-hybridized carbons (Fsp3) is 0.700. The van der Waals surface area contributed by atoms with Gasteiger partial charge in [0.2, 0.25) is 0 Å². The van der Waals surface area contributed by atoms with E-state index in [1.807, 2.05) is 10.8 Å². The first kappa shape index (κ1) is 14.4. The second-order valence-electron chi connectivity index (χ2n) is 4.52. The monoisotopic (exact) mass is 275 g/mol. The third-order valence-electron chi connectivity index (χ3n) is 1.97. The molecule has 0 amide bonds. The summed E-state index contributed by atoms with van der Waals surface area (Å²) in [7, 11) is 0. The fourth-order valence-electron chi connectivity index (χ4n) is 1.42. The molecule has 0 aliphatic heterocycles. The van der Waals surface area contributed by atoms with Crippen molar-refractivity contribution in [1.29, 1.82) is 0 Å². The predicted octanol–water partition coefficient (Wildman–Crippen LogP) is 2.07. The smallest absolute Gasteiger partial charge is 0.313 e. The van der Waals surface area contributed by atoms with E-state index >= 15 is 0 Å². The second kappa shape index (κ2) is 5.77. The second-order valence-corrected chi connectivity index (χ2v) is 6.33. The maximum absolute atomic E-state index is 10.6. The average Bonchev–Trinajstić information content (AvgIpc) is 2.58. The number of nitrogens with zero attached hydrogens (tertiary/aromatic N) is 3. The van der Waals surface area contributed by atoms with Gasteiger partial charge in [-0.15, -0.1) is 10.2 Å². The van der Waals surface area contributed by atoms with E-state index in [9.17, 15) is 4.79 Å². The van der Waals surface area contributed by atoms with E-state index in [-0.39, 0.29) is 11.3 Å². The molecule has 0 aromatic carbocycles. The number of carbonyl (C=O) groups is 1. The van der Waals surface area contributed by atoms with Crippen LogP contribution in [0.3, 0.4) is 0 Å². The summed E-state index contributed by atoms with van der Waals surface area (Å²) >= 11 is 2.88. The largest absolute Gasteiger partial charge is 0.481 e. The highest BCUT2D eigenvalue weighted by molar-refractivity contribution is 7.99. The lowest BCUT2D eigenvalue weighted by Crippen LogP contribution is -2.25. The summed E-state index contributed by atoms with van der Waals surface area (Å²) < 4.78 is 2.01. The third-order valence-corrected chi connectivity index (χ3v) is 3.43. The van der Waals surface area contributed by atoms with Crippen LogP contribution in [0.25, 0.3) is 0 Å². The molecule has 0 aliphatic carbocycles. The van der Waals surface area contributed by atoms with Crippen molar-refractivity contribution in [3.8, 4) is 0 Å². The van der Waals surface area contributed by atoms with Crippen LogP contribution in [0.15, 0.2) is 5.16 Å². The zero-order chi connectivity index (χ0) is 13.1. The Morgan fingerprint density at radius 1 is 1.41 bits per heavy atom. The molecule has 0 radical (unpaired) electrons. The van der Waals surface area contributed by atoms with Crippen molar-refractivity contribution in [2.75, 3.05) is 12.0 Å². The Labute approximate surface area is 109 Å². The van der Waals surface area contributed by atoms with Crippen molar-refractivity contribution in [2.45, 2.75) is 37.2 Å². The minimum absolute atomic E-state index is 0.00742. The SMILES string of the molecule is CSCc1nnc(SCC(=O)O)n1C(C)(C)C. The third kappa shape index (κ3) is 3.92. The molecular formula is C10H17N3O2S2. The summed E-state index contributed by atoms with van der Waals surface area (Å²) in [5, 5.41) is 17.6. The quantitative estimate of drug-likeness (QED) is 0.830. The number of hydrogen-bond acceptors (Lipinski definition) is 5. The maximum Gasteiger partial charge on any atom is 0.313 e. The van der Waals surface area contributed by atoms with Crippen LogP contribution in [0.1, 0.15) is 26.6 Å². The van der Waals surface area contributed by atoms with Crippen molar-refractivity contribution < 1.29 is 9.90 Å². The van der Waals surface area contributed by atoms with Gasteiger partial charge in [0.1, 0.15) is 5.82 Å². The lowest BCUT2D eigenvalue weighted by molar-refractivity contribution is -0.133. The summed E-state index contributed by atoms with van der Waals surface area (Å²) in [6.07, 6.45) is 2.01. The molecule has 0 bridgehead atoms. The van der Waals surface area contributed by atoms with E-state index in [4.69, 9.17) is 5.11 Å². The molecule has 7 heteroatoms. The minimum atomic E-state index is -0.843. The molecule has 0 aliphatic rings. The standard InChI is InChI=1S/C10H17N3O2S2/c1-10(2,3)13-7(5-16-4)11-12-9(13)17-6-8(14)15/h5-6H2,1-4H3,(H,14,15). The lowest BCUT2D eigenvalue weighted by atomic mass is 10.1. The molecule has 5 nitrogen and oxygen atoms in total. The van der Waals surface area contributed by atoms with Crippen molar-refractivity contribution >= 4 is 29.5 Å². The van der Waals surface area contributed by atoms with Crippen LogP contribution in [-0.4, -0.2) is 37.8 Å². The molecule has 0 saturated heterocycles. The Kier molecular flexibility index (Phi) is 4.88. The Hall–Kier alpha value is -0.690. The topological polar surface area (TPSA) is 68.0 Å². The molecule has 0 fully saturated rings. The summed E-state index contributed by atoms with van der Waals surface area (Å²) in [6.45, 7) is 6.18. The van der Waals surface area contributed by atoms with E-state index in [0.717, 1.165) is 11.6 Å². The van der Waals surface area contributed by atoms with Gasteiger partial charge in [-0.3, -0.25) is 9.36 Å².